The zero-order valence-corrected chi connectivity index (χ0v) is 6.81. The average Bonchev–Trinajstić information content (AvgIpc) is 2.00. The molecular formula is C6H9ClN2O2. The molecule has 0 unspecified atom stereocenters. The summed E-state index contributed by atoms with van der Waals surface area (Å²) in [6.07, 6.45) is 0.409. The van der Waals surface area contributed by atoms with Gasteiger partial charge in [-0.3, -0.25) is 9.59 Å². The van der Waals surface area contributed by atoms with E-state index in [1.807, 2.05) is 0 Å². The van der Waals surface area contributed by atoms with Gasteiger partial charge in [-0.2, -0.15) is 0 Å². The molecule has 62 valence electrons. The Hall–Kier alpha value is -1.03. The maximum absolute atomic E-state index is 10.7. The van der Waals surface area contributed by atoms with Crippen molar-refractivity contribution < 1.29 is 9.59 Å². The van der Waals surface area contributed by atoms with E-state index < -0.39 is 11.7 Å². The van der Waals surface area contributed by atoms with Crippen molar-refractivity contribution in [1.82, 2.24) is 0 Å². The van der Waals surface area contributed by atoms with Crippen LogP contribution in [0.2, 0.25) is 0 Å². The van der Waals surface area contributed by atoms with Gasteiger partial charge in [0.2, 0.25) is 0 Å². The molecule has 0 bridgehead atoms. The summed E-state index contributed by atoms with van der Waals surface area (Å²) in [5, 5.41) is 0.161. The van der Waals surface area contributed by atoms with E-state index in [-0.39, 0.29) is 10.7 Å². The lowest BCUT2D eigenvalue weighted by atomic mass is 10.2. The van der Waals surface area contributed by atoms with Crippen LogP contribution in [0.1, 0.15) is 13.3 Å². The van der Waals surface area contributed by atoms with Gasteiger partial charge < -0.3 is 11.5 Å². The molecule has 4 N–H and O–H groups in total. The third kappa shape index (κ3) is 2.59. The van der Waals surface area contributed by atoms with E-state index in [1.54, 1.807) is 6.92 Å². The molecule has 0 saturated carbocycles. The molecule has 0 aliphatic rings. The molecule has 1 amide bonds. The smallest absolute Gasteiger partial charge is 0.291 e. The molecular weight excluding hydrogens is 168 g/mol. The molecule has 0 saturated heterocycles. The molecule has 0 aromatic carbocycles. The van der Waals surface area contributed by atoms with Crippen LogP contribution in [0.15, 0.2) is 10.7 Å². The first-order valence-electron chi connectivity index (χ1n) is 2.99. The Morgan fingerprint density at radius 3 is 2.09 bits per heavy atom. The van der Waals surface area contributed by atoms with Gasteiger partial charge in [-0.25, -0.2) is 0 Å². The van der Waals surface area contributed by atoms with Gasteiger partial charge in [0.05, 0.1) is 0 Å². The molecule has 11 heavy (non-hydrogen) atoms. The molecule has 0 fully saturated rings. The molecule has 0 aromatic rings. The van der Waals surface area contributed by atoms with Crippen LogP contribution in [0, 0.1) is 0 Å². The number of carbonyl (C=O) groups excluding carboxylic acids is 2. The highest BCUT2D eigenvalue weighted by atomic mass is 35.5. The van der Waals surface area contributed by atoms with E-state index in [4.69, 9.17) is 17.3 Å². The Labute approximate surface area is 69.2 Å². The van der Waals surface area contributed by atoms with Crippen molar-refractivity contribution in [2.24, 2.45) is 11.5 Å². The van der Waals surface area contributed by atoms with Crippen molar-refractivity contribution in [3.8, 4) is 0 Å². The van der Waals surface area contributed by atoms with Crippen molar-refractivity contribution in [2.45, 2.75) is 13.3 Å². The predicted molar refractivity (Wildman–Crippen MR) is 41.6 cm³/mol. The van der Waals surface area contributed by atoms with Gasteiger partial charge in [0.15, 0.2) is 0 Å². The molecule has 0 heterocycles. The summed E-state index contributed by atoms with van der Waals surface area (Å²) in [6, 6.07) is 0. The van der Waals surface area contributed by atoms with Crippen molar-refractivity contribution in [2.75, 3.05) is 0 Å². The Bertz CT molecular complexity index is 223. The second-order valence-electron chi connectivity index (χ2n) is 1.87. The second kappa shape index (κ2) is 3.98. The zero-order valence-electron chi connectivity index (χ0n) is 6.06. The van der Waals surface area contributed by atoms with Crippen LogP contribution < -0.4 is 11.5 Å². The molecule has 0 atom stereocenters. The van der Waals surface area contributed by atoms with Gasteiger partial charge in [0, 0.05) is 5.03 Å². The first-order valence-corrected chi connectivity index (χ1v) is 3.36. The minimum absolute atomic E-state index is 0.161. The van der Waals surface area contributed by atoms with Crippen molar-refractivity contribution in [3.63, 3.8) is 0 Å². The van der Waals surface area contributed by atoms with E-state index in [2.05, 4.69) is 5.73 Å². The number of rotatable bonds is 3. The average molecular weight is 177 g/mol. The van der Waals surface area contributed by atoms with Crippen LogP contribution >= 0.6 is 11.6 Å². The molecule has 0 radical (unpaired) electrons. The minimum atomic E-state index is -1.09. The summed E-state index contributed by atoms with van der Waals surface area (Å²) >= 11 is 5.48. The van der Waals surface area contributed by atoms with Crippen LogP contribution in [-0.2, 0) is 9.59 Å². The number of Topliss-reactive ketones (excluding diaryl/α,β-unsaturated/α-hetero) is 1. The second-order valence-corrected chi connectivity index (χ2v) is 2.32. The van der Waals surface area contributed by atoms with Gasteiger partial charge in [-0.1, -0.05) is 18.5 Å². The first-order chi connectivity index (χ1) is 5.00. The number of hydrogen-bond acceptors (Lipinski definition) is 3. The van der Waals surface area contributed by atoms with Crippen LogP contribution in [0.25, 0.3) is 0 Å². The number of primary amides is 1. The Morgan fingerprint density at radius 1 is 1.36 bits per heavy atom. The van der Waals surface area contributed by atoms with Crippen LogP contribution in [0.5, 0.6) is 0 Å². The summed E-state index contributed by atoms with van der Waals surface area (Å²) in [5.41, 5.74) is 9.58. The predicted octanol–water partition coefficient (Wildman–Crippen LogP) is -0.140. The standard InChI is InChI=1S/C6H9ClN2O2/c1-2-3(7)4(8)5(10)6(9)11/h2,8H2,1H3,(H2,9,11)/b4-3+. The highest BCUT2D eigenvalue weighted by molar-refractivity contribution is 6.44. The number of halogens is 1. The van der Waals surface area contributed by atoms with E-state index in [9.17, 15) is 9.59 Å². The quantitative estimate of drug-likeness (QED) is 0.464. The number of hydrogen-bond donors (Lipinski definition) is 2. The van der Waals surface area contributed by atoms with Crippen LogP contribution in [0.3, 0.4) is 0 Å². The first kappa shape index (κ1) is 9.97. The Balaban J connectivity index is 4.61. The lowest BCUT2D eigenvalue weighted by Crippen LogP contribution is -2.28. The fraction of sp³-hybridized carbons (Fsp3) is 0.333. The summed E-state index contributed by atoms with van der Waals surface area (Å²) < 4.78 is 0. The lowest BCUT2D eigenvalue weighted by molar-refractivity contribution is -0.133. The maximum Gasteiger partial charge on any atom is 0.291 e. The number of amides is 1. The van der Waals surface area contributed by atoms with Gasteiger partial charge >= 0.3 is 0 Å². The molecule has 0 aliphatic carbocycles. The summed E-state index contributed by atoms with van der Waals surface area (Å²) in [4.78, 5) is 21.0. The fourth-order valence-electron chi connectivity index (χ4n) is 0.446. The van der Waals surface area contributed by atoms with Crippen molar-refractivity contribution in [1.29, 1.82) is 0 Å². The van der Waals surface area contributed by atoms with E-state index >= 15 is 0 Å². The third-order valence-electron chi connectivity index (χ3n) is 1.07. The Morgan fingerprint density at radius 2 is 1.82 bits per heavy atom. The topological polar surface area (TPSA) is 86.2 Å². The van der Waals surface area contributed by atoms with Gasteiger partial charge in [0.1, 0.15) is 5.70 Å². The normalized spacial score (nSPS) is 12.2. The number of allylic oxidation sites excluding steroid dienone is 1. The number of ketones is 1. The molecule has 0 spiro atoms. The van der Waals surface area contributed by atoms with Gasteiger partial charge in [-0.15, -0.1) is 0 Å². The molecule has 4 nitrogen and oxygen atoms in total. The van der Waals surface area contributed by atoms with Crippen molar-refractivity contribution in [3.05, 3.63) is 10.7 Å². The highest BCUT2D eigenvalue weighted by Crippen LogP contribution is 2.09. The minimum Gasteiger partial charge on any atom is -0.394 e. The monoisotopic (exact) mass is 176 g/mol. The highest BCUT2D eigenvalue weighted by Gasteiger charge is 2.14. The third-order valence-corrected chi connectivity index (χ3v) is 1.54. The van der Waals surface area contributed by atoms with E-state index in [1.165, 1.54) is 0 Å². The zero-order chi connectivity index (χ0) is 9.02. The van der Waals surface area contributed by atoms with E-state index in [0.29, 0.717) is 6.42 Å². The maximum atomic E-state index is 10.7. The summed E-state index contributed by atoms with van der Waals surface area (Å²) in [7, 11) is 0. The summed E-state index contributed by atoms with van der Waals surface area (Å²) in [6.45, 7) is 1.71. The van der Waals surface area contributed by atoms with Crippen LogP contribution in [-0.4, -0.2) is 11.7 Å². The molecule has 0 aliphatic heterocycles. The molecule has 0 aromatic heterocycles. The Kier molecular flexibility index (Phi) is 3.60. The lowest BCUT2D eigenvalue weighted by Gasteiger charge is -1.98. The summed E-state index contributed by atoms with van der Waals surface area (Å²) in [5.74, 6) is -2.02. The van der Waals surface area contributed by atoms with Crippen molar-refractivity contribution >= 4 is 23.3 Å². The largest absolute Gasteiger partial charge is 0.394 e. The van der Waals surface area contributed by atoms with E-state index in [0.717, 1.165) is 0 Å². The van der Waals surface area contributed by atoms with Gasteiger partial charge in [0.25, 0.3) is 11.7 Å². The number of nitrogens with two attached hydrogens (primary N) is 2. The SMILES string of the molecule is CC/C(Cl)=C(\N)C(=O)C(N)=O. The number of carbonyl (C=O) groups is 2. The fourth-order valence-corrected chi connectivity index (χ4v) is 0.532. The van der Waals surface area contributed by atoms with Gasteiger partial charge in [-0.05, 0) is 6.42 Å². The molecule has 0 rings (SSSR count). The molecule has 5 heteroatoms. The van der Waals surface area contributed by atoms with Crippen LogP contribution in [0.4, 0.5) is 0 Å².